The van der Waals surface area contributed by atoms with E-state index in [1.165, 1.54) is 66.1 Å². The van der Waals surface area contributed by atoms with E-state index in [-0.39, 0.29) is 0 Å². The zero-order valence-electron chi connectivity index (χ0n) is 28.2. The molecule has 0 aliphatic carbocycles. The Labute approximate surface area is 299 Å². The van der Waals surface area contributed by atoms with Crippen LogP contribution in [0.15, 0.2) is 212 Å². The van der Waals surface area contributed by atoms with Gasteiger partial charge in [-0.2, -0.15) is 0 Å². The Hall–Kier alpha value is -6.70. The number of fused-ring (bicyclic) bond motifs is 3. The number of hydrogen-bond donors (Lipinski definition) is 0. The predicted molar refractivity (Wildman–Crippen MR) is 218 cm³/mol. The molecule has 51 heavy (non-hydrogen) atoms. The van der Waals surface area contributed by atoms with Crippen LogP contribution in [-0.2, 0) is 0 Å². The van der Waals surface area contributed by atoms with Gasteiger partial charge in [0.1, 0.15) is 0 Å². The lowest BCUT2D eigenvalue weighted by atomic mass is 9.92. The molecule has 0 aromatic heterocycles. The minimum Gasteiger partial charge on any atom is -0.311 e. The second kappa shape index (κ2) is 13.3. The lowest BCUT2D eigenvalue weighted by molar-refractivity contribution is 1.28. The molecule has 0 bridgehead atoms. The first-order valence-electron chi connectivity index (χ1n) is 17.5. The second-order valence-electron chi connectivity index (χ2n) is 13.0. The van der Waals surface area contributed by atoms with Crippen LogP contribution < -0.4 is 4.90 Å². The fourth-order valence-electron chi connectivity index (χ4n) is 7.25. The number of hydrogen-bond acceptors (Lipinski definition) is 1. The first kappa shape index (κ1) is 30.4. The Bertz CT molecular complexity index is 2530. The van der Waals surface area contributed by atoms with Gasteiger partial charge in [0, 0.05) is 17.1 Å². The number of para-hydroxylation sites is 2. The molecule has 240 valence electrons. The quantitative estimate of drug-likeness (QED) is 0.155. The van der Waals surface area contributed by atoms with Crippen molar-refractivity contribution in [3.05, 3.63) is 212 Å². The molecule has 0 aliphatic heterocycles. The van der Waals surface area contributed by atoms with Crippen molar-refractivity contribution in [2.24, 2.45) is 0 Å². The molecule has 0 unspecified atom stereocenters. The summed E-state index contributed by atoms with van der Waals surface area (Å²) in [6.45, 7) is 0. The first-order valence-corrected chi connectivity index (χ1v) is 17.5. The summed E-state index contributed by atoms with van der Waals surface area (Å²) in [7, 11) is 0. The third kappa shape index (κ3) is 5.96. The van der Waals surface area contributed by atoms with E-state index in [9.17, 15) is 0 Å². The van der Waals surface area contributed by atoms with Gasteiger partial charge in [-0.1, -0.05) is 170 Å². The highest BCUT2D eigenvalue weighted by Crippen LogP contribution is 2.37. The van der Waals surface area contributed by atoms with Crippen molar-refractivity contribution in [3.63, 3.8) is 0 Å². The summed E-state index contributed by atoms with van der Waals surface area (Å²) in [6.07, 6.45) is 0. The van der Waals surface area contributed by atoms with Crippen molar-refractivity contribution in [3.8, 4) is 44.5 Å². The summed E-state index contributed by atoms with van der Waals surface area (Å²) in [5, 5.41) is 5.15. The van der Waals surface area contributed by atoms with E-state index >= 15 is 0 Å². The Balaban J connectivity index is 0.931. The molecule has 0 atom stereocenters. The van der Waals surface area contributed by atoms with Crippen LogP contribution >= 0.6 is 0 Å². The van der Waals surface area contributed by atoms with E-state index < -0.39 is 0 Å². The van der Waals surface area contributed by atoms with E-state index in [1.807, 2.05) is 0 Å². The van der Waals surface area contributed by atoms with Gasteiger partial charge in [0.15, 0.2) is 0 Å². The molecule has 0 aliphatic rings. The topological polar surface area (TPSA) is 3.24 Å². The minimum absolute atomic E-state index is 1.13. The molecule has 1 nitrogen and oxygen atoms in total. The smallest absolute Gasteiger partial charge is 0.0462 e. The maximum atomic E-state index is 2.33. The Kier molecular flexibility index (Phi) is 7.92. The molecule has 9 aromatic carbocycles. The highest BCUT2D eigenvalue weighted by molar-refractivity contribution is 6.13. The summed E-state index contributed by atoms with van der Waals surface area (Å²) in [5.74, 6) is 0. The highest BCUT2D eigenvalue weighted by Gasteiger charge is 2.13. The van der Waals surface area contributed by atoms with Crippen LogP contribution in [0.5, 0.6) is 0 Å². The summed E-state index contributed by atoms with van der Waals surface area (Å²) in [5.41, 5.74) is 13.2. The van der Waals surface area contributed by atoms with E-state index in [0.29, 0.717) is 0 Å². The maximum Gasteiger partial charge on any atom is 0.0462 e. The summed E-state index contributed by atoms with van der Waals surface area (Å²) >= 11 is 0. The van der Waals surface area contributed by atoms with Crippen LogP contribution in [0.4, 0.5) is 17.1 Å². The number of rotatable bonds is 7. The molecular formula is C50H35N. The maximum absolute atomic E-state index is 2.33. The highest BCUT2D eigenvalue weighted by atomic mass is 15.1. The third-order valence-corrected chi connectivity index (χ3v) is 9.89. The zero-order chi connectivity index (χ0) is 34.0. The average Bonchev–Trinajstić information content (AvgIpc) is 3.22. The van der Waals surface area contributed by atoms with Crippen molar-refractivity contribution < 1.29 is 0 Å². The largest absolute Gasteiger partial charge is 0.311 e. The summed E-state index contributed by atoms with van der Waals surface area (Å²) in [6, 6.07) is 76.4. The van der Waals surface area contributed by atoms with Gasteiger partial charge in [0.05, 0.1) is 0 Å². The lowest BCUT2D eigenvalue weighted by Crippen LogP contribution is -2.09. The molecule has 0 spiro atoms. The Morgan fingerprint density at radius 3 is 1.04 bits per heavy atom. The van der Waals surface area contributed by atoms with Gasteiger partial charge >= 0.3 is 0 Å². The minimum atomic E-state index is 1.13. The molecule has 0 saturated carbocycles. The molecule has 0 saturated heterocycles. The zero-order valence-corrected chi connectivity index (χ0v) is 28.2. The van der Waals surface area contributed by atoms with Crippen molar-refractivity contribution in [1.29, 1.82) is 0 Å². The van der Waals surface area contributed by atoms with Crippen molar-refractivity contribution in [2.75, 3.05) is 4.90 Å². The number of anilines is 3. The van der Waals surface area contributed by atoms with Crippen LogP contribution in [0.25, 0.3) is 66.1 Å². The van der Waals surface area contributed by atoms with Gasteiger partial charge in [-0.3, -0.25) is 0 Å². The molecule has 0 amide bonds. The van der Waals surface area contributed by atoms with Gasteiger partial charge in [-0.05, 0) is 109 Å². The Morgan fingerprint density at radius 2 is 0.569 bits per heavy atom. The summed E-state index contributed by atoms with van der Waals surface area (Å²) in [4.78, 5) is 2.29. The van der Waals surface area contributed by atoms with Crippen LogP contribution in [0, 0.1) is 0 Å². The molecule has 9 rings (SSSR count). The Morgan fingerprint density at radius 1 is 0.235 bits per heavy atom. The predicted octanol–water partition coefficient (Wildman–Crippen LogP) is 14.1. The molecule has 0 radical (unpaired) electrons. The lowest BCUT2D eigenvalue weighted by Gasteiger charge is -2.25. The normalized spacial score (nSPS) is 11.1. The van der Waals surface area contributed by atoms with Gasteiger partial charge in [-0.25, -0.2) is 0 Å². The van der Waals surface area contributed by atoms with Gasteiger partial charge in [-0.15, -0.1) is 0 Å². The van der Waals surface area contributed by atoms with E-state index in [4.69, 9.17) is 0 Å². The van der Waals surface area contributed by atoms with Crippen molar-refractivity contribution in [2.45, 2.75) is 0 Å². The van der Waals surface area contributed by atoms with Crippen LogP contribution in [0.2, 0.25) is 0 Å². The van der Waals surface area contributed by atoms with E-state index in [1.54, 1.807) is 0 Å². The van der Waals surface area contributed by atoms with Crippen molar-refractivity contribution >= 4 is 38.6 Å². The SMILES string of the molecule is c1ccc(N(c2ccccc2)c2ccc(-c3ccc(-c4ccc(-c5ccc(-c6cc7ccccc7c7ccccc67)cc5)cc4)cc3)cc2)cc1. The van der Waals surface area contributed by atoms with Crippen LogP contribution in [0.3, 0.4) is 0 Å². The van der Waals surface area contributed by atoms with Gasteiger partial charge in [0.25, 0.3) is 0 Å². The molecule has 0 N–H and O–H groups in total. The molecule has 0 fully saturated rings. The van der Waals surface area contributed by atoms with E-state index in [0.717, 1.165) is 17.1 Å². The number of nitrogens with zero attached hydrogens (tertiary/aromatic N) is 1. The van der Waals surface area contributed by atoms with Crippen LogP contribution in [0.1, 0.15) is 0 Å². The van der Waals surface area contributed by atoms with Crippen molar-refractivity contribution in [1.82, 2.24) is 0 Å². The average molecular weight is 650 g/mol. The standard InChI is InChI=1S/C50H35N/c1-3-12-44(13-4-1)51(45-14-5-2-6-15-45)46-33-31-41(32-34-46)39-25-23-37(24-26-39)36-19-21-38(22-20-36)40-27-29-42(30-28-40)50-35-43-11-7-8-16-47(43)48-17-9-10-18-49(48)50/h1-35H. The molecule has 1 heteroatoms. The fourth-order valence-corrected chi connectivity index (χ4v) is 7.25. The van der Waals surface area contributed by atoms with E-state index in [2.05, 4.69) is 217 Å². The first-order chi connectivity index (χ1) is 25.3. The van der Waals surface area contributed by atoms with Gasteiger partial charge in [0.2, 0.25) is 0 Å². The summed E-state index contributed by atoms with van der Waals surface area (Å²) < 4.78 is 0. The molecule has 9 aromatic rings. The second-order valence-corrected chi connectivity index (χ2v) is 13.0. The fraction of sp³-hybridized carbons (Fsp3) is 0. The van der Waals surface area contributed by atoms with Crippen LogP contribution in [-0.4, -0.2) is 0 Å². The van der Waals surface area contributed by atoms with Gasteiger partial charge < -0.3 is 4.90 Å². The monoisotopic (exact) mass is 649 g/mol. The third-order valence-electron chi connectivity index (χ3n) is 9.89. The number of benzene rings is 9. The molecule has 0 heterocycles. The molecular weight excluding hydrogens is 615 g/mol.